The average molecular weight is 268 g/mol. The van der Waals surface area contributed by atoms with Gasteiger partial charge in [0.25, 0.3) is 0 Å². The van der Waals surface area contributed by atoms with Crippen molar-refractivity contribution in [1.29, 1.82) is 0 Å². The van der Waals surface area contributed by atoms with Gasteiger partial charge in [0.1, 0.15) is 5.60 Å². The first-order valence-electron chi connectivity index (χ1n) is 7.79. The van der Waals surface area contributed by atoms with Gasteiger partial charge in [-0.05, 0) is 49.4 Å². The molecule has 0 aliphatic heterocycles. The van der Waals surface area contributed by atoms with Gasteiger partial charge < -0.3 is 4.74 Å². The third-order valence-corrected chi connectivity index (χ3v) is 4.72. The molecule has 0 aromatic carbocycles. The molecule has 1 rings (SSSR count). The van der Waals surface area contributed by atoms with Gasteiger partial charge in [0.15, 0.2) is 5.78 Å². The lowest BCUT2D eigenvalue weighted by Crippen LogP contribution is -2.46. The van der Waals surface area contributed by atoms with Crippen molar-refractivity contribution in [3.8, 4) is 0 Å². The Labute approximate surface area is 119 Å². The van der Waals surface area contributed by atoms with E-state index in [9.17, 15) is 4.79 Å². The topological polar surface area (TPSA) is 26.3 Å². The van der Waals surface area contributed by atoms with Crippen LogP contribution in [0.25, 0.3) is 0 Å². The van der Waals surface area contributed by atoms with Gasteiger partial charge in [0.2, 0.25) is 0 Å². The van der Waals surface area contributed by atoms with Gasteiger partial charge in [-0.25, -0.2) is 0 Å². The zero-order chi connectivity index (χ0) is 14.7. The van der Waals surface area contributed by atoms with Gasteiger partial charge >= 0.3 is 0 Å². The molecular weight excluding hydrogens is 236 g/mol. The molecule has 0 amide bonds. The Kier molecular flexibility index (Phi) is 5.61. The number of ketones is 1. The predicted molar refractivity (Wildman–Crippen MR) is 80.2 cm³/mol. The van der Waals surface area contributed by atoms with E-state index in [2.05, 4.69) is 34.6 Å². The van der Waals surface area contributed by atoms with Crippen LogP contribution in [0.1, 0.15) is 73.1 Å². The molecule has 0 heterocycles. The quantitative estimate of drug-likeness (QED) is 0.703. The summed E-state index contributed by atoms with van der Waals surface area (Å²) >= 11 is 0. The normalized spacial score (nSPS) is 23.3. The van der Waals surface area contributed by atoms with Gasteiger partial charge in [0.05, 0.1) is 0 Å². The highest BCUT2D eigenvalue weighted by molar-refractivity contribution is 5.87. The SMILES string of the molecule is COC1(C(=O)CC(C)CC(C)C)CCC(C)(C)CC1. The van der Waals surface area contributed by atoms with E-state index in [1.165, 1.54) is 0 Å². The second-order valence-electron chi connectivity index (χ2n) is 7.72. The van der Waals surface area contributed by atoms with Crippen molar-refractivity contribution in [1.82, 2.24) is 0 Å². The monoisotopic (exact) mass is 268 g/mol. The number of hydrogen-bond donors (Lipinski definition) is 0. The number of Topliss-reactive ketones (excluding diaryl/α,β-unsaturated/α-hetero) is 1. The molecule has 2 heteroatoms. The predicted octanol–water partition coefficient (Wildman–Crippen LogP) is 4.61. The van der Waals surface area contributed by atoms with Crippen molar-refractivity contribution in [3.63, 3.8) is 0 Å². The van der Waals surface area contributed by atoms with E-state index in [0.29, 0.717) is 29.5 Å². The summed E-state index contributed by atoms with van der Waals surface area (Å²) in [4.78, 5) is 12.6. The number of ether oxygens (including phenoxy) is 1. The van der Waals surface area contributed by atoms with Crippen molar-refractivity contribution in [2.24, 2.45) is 17.3 Å². The molecule has 1 aliphatic rings. The second kappa shape index (κ2) is 6.39. The van der Waals surface area contributed by atoms with Crippen LogP contribution < -0.4 is 0 Å². The number of methoxy groups -OCH3 is 1. The van der Waals surface area contributed by atoms with Crippen molar-refractivity contribution >= 4 is 5.78 Å². The third kappa shape index (κ3) is 4.59. The van der Waals surface area contributed by atoms with Crippen molar-refractivity contribution in [2.45, 2.75) is 78.7 Å². The molecule has 112 valence electrons. The third-order valence-electron chi connectivity index (χ3n) is 4.72. The van der Waals surface area contributed by atoms with Crippen molar-refractivity contribution < 1.29 is 9.53 Å². The first kappa shape index (κ1) is 16.7. The standard InChI is InChI=1S/C17H32O2/c1-13(2)11-14(3)12-15(18)17(19-6)9-7-16(4,5)8-10-17/h13-14H,7-12H2,1-6H3. The summed E-state index contributed by atoms with van der Waals surface area (Å²) in [7, 11) is 1.71. The first-order chi connectivity index (χ1) is 8.71. The summed E-state index contributed by atoms with van der Waals surface area (Å²) in [5.41, 5.74) is -0.118. The lowest BCUT2D eigenvalue weighted by Gasteiger charge is -2.42. The van der Waals surface area contributed by atoms with Crippen LogP contribution in [0.2, 0.25) is 0 Å². The molecule has 1 unspecified atom stereocenters. The highest BCUT2D eigenvalue weighted by Crippen LogP contribution is 2.43. The van der Waals surface area contributed by atoms with Crippen LogP contribution >= 0.6 is 0 Å². The number of hydrogen-bond acceptors (Lipinski definition) is 2. The molecule has 1 saturated carbocycles. The minimum atomic E-state index is -0.485. The molecule has 0 aromatic heterocycles. The summed E-state index contributed by atoms with van der Waals surface area (Å²) < 4.78 is 5.69. The summed E-state index contributed by atoms with van der Waals surface area (Å²) in [6.07, 6.45) is 5.76. The Hall–Kier alpha value is -0.370. The largest absolute Gasteiger partial charge is 0.370 e. The number of carbonyl (C=O) groups is 1. The molecule has 0 radical (unpaired) electrons. The Balaban J connectivity index is 2.62. The average Bonchev–Trinajstić information content (AvgIpc) is 2.28. The maximum Gasteiger partial charge on any atom is 0.164 e. The maximum absolute atomic E-state index is 12.6. The summed E-state index contributed by atoms with van der Waals surface area (Å²) in [5.74, 6) is 1.46. The van der Waals surface area contributed by atoms with Gasteiger partial charge in [-0.2, -0.15) is 0 Å². The molecule has 0 N–H and O–H groups in total. The smallest absolute Gasteiger partial charge is 0.164 e. The Morgan fingerprint density at radius 3 is 2.05 bits per heavy atom. The van der Waals surface area contributed by atoms with Gasteiger partial charge in [-0.1, -0.05) is 34.6 Å². The highest BCUT2D eigenvalue weighted by atomic mass is 16.5. The number of rotatable bonds is 6. The fraction of sp³-hybridized carbons (Fsp3) is 0.941. The fourth-order valence-corrected chi connectivity index (χ4v) is 3.32. The summed E-state index contributed by atoms with van der Waals surface area (Å²) in [5, 5.41) is 0. The highest BCUT2D eigenvalue weighted by Gasteiger charge is 2.43. The Morgan fingerprint density at radius 2 is 1.63 bits per heavy atom. The van der Waals surface area contributed by atoms with E-state index in [4.69, 9.17) is 4.74 Å². The van der Waals surface area contributed by atoms with Gasteiger partial charge in [-0.15, -0.1) is 0 Å². The van der Waals surface area contributed by atoms with E-state index in [0.717, 1.165) is 32.1 Å². The zero-order valence-corrected chi connectivity index (χ0v) is 13.7. The molecule has 1 atom stereocenters. The molecular formula is C17H32O2. The van der Waals surface area contributed by atoms with Crippen LogP contribution in [0.5, 0.6) is 0 Å². The minimum Gasteiger partial charge on any atom is -0.370 e. The lowest BCUT2D eigenvalue weighted by atomic mass is 9.68. The van der Waals surface area contributed by atoms with Crippen LogP contribution in [-0.4, -0.2) is 18.5 Å². The van der Waals surface area contributed by atoms with E-state index < -0.39 is 5.60 Å². The Bertz CT molecular complexity index is 294. The molecule has 19 heavy (non-hydrogen) atoms. The van der Waals surface area contributed by atoms with Crippen LogP contribution in [0.4, 0.5) is 0 Å². The van der Waals surface area contributed by atoms with Gasteiger partial charge in [-0.3, -0.25) is 4.79 Å². The van der Waals surface area contributed by atoms with Crippen LogP contribution in [0.3, 0.4) is 0 Å². The van der Waals surface area contributed by atoms with E-state index in [-0.39, 0.29) is 0 Å². The second-order valence-corrected chi connectivity index (χ2v) is 7.72. The van der Waals surface area contributed by atoms with Crippen LogP contribution in [0, 0.1) is 17.3 Å². The fourth-order valence-electron chi connectivity index (χ4n) is 3.32. The van der Waals surface area contributed by atoms with E-state index >= 15 is 0 Å². The molecule has 0 spiro atoms. The maximum atomic E-state index is 12.6. The summed E-state index contributed by atoms with van der Waals surface area (Å²) in [6, 6.07) is 0. The minimum absolute atomic E-state index is 0.332. The number of carbonyl (C=O) groups excluding carboxylic acids is 1. The van der Waals surface area contributed by atoms with Gasteiger partial charge in [0, 0.05) is 13.5 Å². The van der Waals surface area contributed by atoms with Crippen LogP contribution in [-0.2, 0) is 9.53 Å². The molecule has 0 saturated heterocycles. The Morgan fingerprint density at radius 1 is 1.11 bits per heavy atom. The van der Waals surface area contributed by atoms with E-state index in [1.54, 1.807) is 7.11 Å². The van der Waals surface area contributed by atoms with Crippen molar-refractivity contribution in [3.05, 3.63) is 0 Å². The lowest BCUT2D eigenvalue weighted by molar-refractivity contribution is -0.149. The molecule has 1 fully saturated rings. The summed E-state index contributed by atoms with van der Waals surface area (Å²) in [6.45, 7) is 11.2. The molecule has 1 aliphatic carbocycles. The molecule has 0 aromatic rings. The van der Waals surface area contributed by atoms with Crippen LogP contribution in [0.15, 0.2) is 0 Å². The van der Waals surface area contributed by atoms with E-state index in [1.807, 2.05) is 0 Å². The molecule has 0 bridgehead atoms. The van der Waals surface area contributed by atoms with Crippen molar-refractivity contribution in [2.75, 3.05) is 7.11 Å². The molecule has 2 nitrogen and oxygen atoms in total. The zero-order valence-electron chi connectivity index (χ0n) is 13.7. The first-order valence-corrected chi connectivity index (χ1v) is 7.79.